The number of amides is 2. The molecule has 0 saturated carbocycles. The summed E-state index contributed by atoms with van der Waals surface area (Å²) in [5.41, 5.74) is 6.58. The molecule has 166 valence electrons. The topological polar surface area (TPSA) is 113 Å². The summed E-state index contributed by atoms with van der Waals surface area (Å²) in [5, 5.41) is 9.32. The Bertz CT molecular complexity index is 1190. The van der Waals surface area contributed by atoms with E-state index < -0.39 is 24.4 Å². The van der Waals surface area contributed by atoms with Crippen LogP contribution in [0.5, 0.6) is 0 Å². The van der Waals surface area contributed by atoms with Crippen LogP contribution in [-0.2, 0) is 14.3 Å². The van der Waals surface area contributed by atoms with Crippen LogP contribution < -0.4 is 10.6 Å². The minimum absolute atomic E-state index is 0.0215. The average molecular weight is 460 g/mol. The number of carbonyl (C=O) groups excluding carboxylic acids is 3. The molecule has 3 rings (SSSR count). The van der Waals surface area contributed by atoms with Crippen LogP contribution in [0.1, 0.15) is 22.3 Å². The molecule has 0 unspecified atom stereocenters. The Morgan fingerprint density at radius 2 is 1.55 bits per heavy atom. The molecule has 0 radical (unpaired) electrons. The molecule has 0 saturated heterocycles. The number of rotatable bonds is 9. The maximum Gasteiger partial charge on any atom is 0.339 e. The van der Waals surface area contributed by atoms with Gasteiger partial charge in [0.2, 0.25) is 5.91 Å². The smallest absolute Gasteiger partial charge is 0.339 e. The molecule has 7 nitrogen and oxygen atoms in total. The SMILES string of the molecule is N#Cc1ccccc1Sc1ccccc1C(=O)OCC(=O)N(CCC(N)=O)c1ccccc1. The van der Waals surface area contributed by atoms with Crippen molar-refractivity contribution < 1.29 is 19.1 Å². The van der Waals surface area contributed by atoms with E-state index in [2.05, 4.69) is 6.07 Å². The molecule has 8 heteroatoms. The Labute approximate surface area is 195 Å². The third-order valence-corrected chi connectivity index (χ3v) is 5.76. The summed E-state index contributed by atoms with van der Waals surface area (Å²) in [5.74, 6) is -1.68. The van der Waals surface area contributed by atoms with Gasteiger partial charge in [-0.25, -0.2) is 4.79 Å². The zero-order chi connectivity index (χ0) is 23.6. The first-order valence-corrected chi connectivity index (χ1v) is 10.9. The number of para-hydroxylation sites is 1. The Hall–Kier alpha value is -4.09. The molecule has 0 aliphatic rings. The summed E-state index contributed by atoms with van der Waals surface area (Å²) < 4.78 is 5.31. The molecule has 0 spiro atoms. The normalized spacial score (nSPS) is 10.2. The third kappa shape index (κ3) is 6.45. The average Bonchev–Trinajstić information content (AvgIpc) is 2.84. The maximum atomic E-state index is 12.8. The van der Waals surface area contributed by atoms with Crippen LogP contribution in [0.15, 0.2) is 88.7 Å². The Morgan fingerprint density at radius 1 is 0.909 bits per heavy atom. The first kappa shape index (κ1) is 23.6. The number of benzene rings is 3. The second-order valence-corrected chi connectivity index (χ2v) is 7.96. The number of nitriles is 1. The van der Waals surface area contributed by atoms with E-state index in [4.69, 9.17) is 10.5 Å². The first-order valence-electron chi connectivity index (χ1n) is 10.1. The minimum atomic E-state index is -0.663. The minimum Gasteiger partial charge on any atom is -0.452 e. The molecule has 3 aromatic rings. The summed E-state index contributed by atoms with van der Waals surface area (Å²) >= 11 is 1.27. The fourth-order valence-corrected chi connectivity index (χ4v) is 4.02. The molecule has 0 heterocycles. The van der Waals surface area contributed by atoms with Crippen molar-refractivity contribution in [1.82, 2.24) is 0 Å². The van der Waals surface area contributed by atoms with Crippen LogP contribution >= 0.6 is 11.8 Å². The van der Waals surface area contributed by atoms with Crippen LogP contribution in [0.25, 0.3) is 0 Å². The summed E-state index contributed by atoms with van der Waals surface area (Å²) in [6, 6.07) is 24.8. The van der Waals surface area contributed by atoms with Gasteiger partial charge in [0, 0.05) is 28.4 Å². The molecule has 0 atom stereocenters. The number of hydrogen-bond donors (Lipinski definition) is 1. The Balaban J connectivity index is 1.73. The fourth-order valence-electron chi connectivity index (χ4n) is 3.00. The Kier molecular flexibility index (Phi) is 8.22. The van der Waals surface area contributed by atoms with E-state index in [9.17, 15) is 19.6 Å². The number of ether oxygens (including phenoxy) is 1. The van der Waals surface area contributed by atoms with Gasteiger partial charge in [-0.05, 0) is 36.4 Å². The highest BCUT2D eigenvalue weighted by molar-refractivity contribution is 7.99. The molecule has 33 heavy (non-hydrogen) atoms. The van der Waals surface area contributed by atoms with Crippen molar-refractivity contribution in [2.75, 3.05) is 18.1 Å². The molecule has 0 aliphatic heterocycles. The highest BCUT2D eigenvalue weighted by Gasteiger charge is 2.20. The van der Waals surface area contributed by atoms with Crippen LogP contribution in [0.3, 0.4) is 0 Å². The van der Waals surface area contributed by atoms with E-state index >= 15 is 0 Å². The second kappa shape index (κ2) is 11.5. The summed E-state index contributed by atoms with van der Waals surface area (Å²) in [4.78, 5) is 39.5. The predicted octanol–water partition coefficient (Wildman–Crippen LogP) is 3.77. The molecule has 3 aromatic carbocycles. The van der Waals surface area contributed by atoms with E-state index in [-0.39, 0.29) is 18.5 Å². The van der Waals surface area contributed by atoms with E-state index in [0.29, 0.717) is 21.0 Å². The molecule has 0 fully saturated rings. The fraction of sp³-hybridized carbons (Fsp3) is 0.120. The van der Waals surface area contributed by atoms with Crippen molar-refractivity contribution in [3.8, 4) is 6.07 Å². The summed E-state index contributed by atoms with van der Waals surface area (Å²) in [6.45, 7) is -0.423. The molecular formula is C25H21N3O4S. The maximum absolute atomic E-state index is 12.8. The van der Waals surface area contributed by atoms with E-state index in [0.717, 1.165) is 0 Å². The highest BCUT2D eigenvalue weighted by Crippen LogP contribution is 2.32. The van der Waals surface area contributed by atoms with Crippen molar-refractivity contribution in [2.24, 2.45) is 5.73 Å². The van der Waals surface area contributed by atoms with Crippen molar-refractivity contribution in [3.05, 3.63) is 90.0 Å². The number of esters is 1. The number of hydrogen-bond acceptors (Lipinski definition) is 6. The number of primary amides is 1. The lowest BCUT2D eigenvalue weighted by molar-refractivity contribution is -0.121. The lowest BCUT2D eigenvalue weighted by Gasteiger charge is -2.22. The quantitative estimate of drug-likeness (QED) is 0.487. The second-order valence-electron chi connectivity index (χ2n) is 6.88. The Morgan fingerprint density at radius 3 is 2.24 bits per heavy atom. The van der Waals surface area contributed by atoms with Gasteiger partial charge in [-0.1, -0.05) is 54.2 Å². The van der Waals surface area contributed by atoms with Crippen LogP contribution in [-0.4, -0.2) is 30.9 Å². The third-order valence-electron chi connectivity index (χ3n) is 4.61. The van der Waals surface area contributed by atoms with Gasteiger partial charge >= 0.3 is 5.97 Å². The number of anilines is 1. The monoisotopic (exact) mass is 459 g/mol. The highest BCUT2D eigenvalue weighted by atomic mass is 32.2. The van der Waals surface area contributed by atoms with Gasteiger partial charge in [0.25, 0.3) is 5.91 Å². The van der Waals surface area contributed by atoms with Gasteiger partial charge < -0.3 is 15.4 Å². The first-order chi connectivity index (χ1) is 16.0. The standard InChI is InChI=1S/C25H21N3O4S/c26-16-18-8-4-6-12-21(18)33-22-13-7-5-11-20(22)25(31)32-17-24(30)28(15-14-23(27)29)19-9-2-1-3-10-19/h1-13H,14-15,17H2,(H2,27,29). The van der Waals surface area contributed by atoms with Gasteiger partial charge in [0.1, 0.15) is 6.07 Å². The largest absolute Gasteiger partial charge is 0.452 e. The van der Waals surface area contributed by atoms with E-state index in [1.807, 2.05) is 6.07 Å². The molecule has 0 aliphatic carbocycles. The lowest BCUT2D eigenvalue weighted by Crippen LogP contribution is -2.37. The molecule has 0 aromatic heterocycles. The van der Waals surface area contributed by atoms with Crippen LogP contribution in [0.2, 0.25) is 0 Å². The summed E-state index contributed by atoms with van der Waals surface area (Å²) in [7, 11) is 0. The van der Waals surface area contributed by atoms with Crippen LogP contribution in [0, 0.1) is 11.3 Å². The van der Waals surface area contributed by atoms with Crippen molar-refractivity contribution in [2.45, 2.75) is 16.2 Å². The molecular weight excluding hydrogens is 438 g/mol. The molecule has 2 N–H and O–H groups in total. The zero-order valence-electron chi connectivity index (χ0n) is 17.6. The predicted molar refractivity (Wildman–Crippen MR) is 125 cm³/mol. The molecule has 2 amide bonds. The van der Waals surface area contributed by atoms with Crippen molar-refractivity contribution in [1.29, 1.82) is 5.26 Å². The van der Waals surface area contributed by atoms with Gasteiger partial charge in [0.15, 0.2) is 6.61 Å². The van der Waals surface area contributed by atoms with Gasteiger partial charge in [-0.15, -0.1) is 0 Å². The van der Waals surface area contributed by atoms with Gasteiger partial charge in [-0.3, -0.25) is 9.59 Å². The number of nitrogens with two attached hydrogens (primary N) is 1. The molecule has 0 bridgehead atoms. The zero-order valence-corrected chi connectivity index (χ0v) is 18.5. The van der Waals surface area contributed by atoms with Crippen molar-refractivity contribution in [3.63, 3.8) is 0 Å². The number of carbonyl (C=O) groups is 3. The van der Waals surface area contributed by atoms with E-state index in [1.165, 1.54) is 16.7 Å². The van der Waals surface area contributed by atoms with Crippen molar-refractivity contribution >= 4 is 35.2 Å². The number of nitrogens with zero attached hydrogens (tertiary/aromatic N) is 2. The van der Waals surface area contributed by atoms with Gasteiger partial charge in [-0.2, -0.15) is 5.26 Å². The summed E-state index contributed by atoms with van der Waals surface area (Å²) in [6.07, 6.45) is -0.0215. The van der Waals surface area contributed by atoms with Gasteiger partial charge in [0.05, 0.1) is 11.1 Å². The lowest BCUT2D eigenvalue weighted by atomic mass is 10.2. The van der Waals surface area contributed by atoms with Crippen LogP contribution in [0.4, 0.5) is 5.69 Å². The van der Waals surface area contributed by atoms with E-state index in [1.54, 1.807) is 72.8 Å².